The Morgan fingerprint density at radius 3 is 2.70 bits per heavy atom. The summed E-state index contributed by atoms with van der Waals surface area (Å²) in [5.41, 5.74) is 0.534. The van der Waals surface area contributed by atoms with Gasteiger partial charge >= 0.3 is 0 Å². The van der Waals surface area contributed by atoms with Crippen molar-refractivity contribution in [1.82, 2.24) is 9.62 Å². The van der Waals surface area contributed by atoms with Crippen LogP contribution in [0.25, 0.3) is 0 Å². The summed E-state index contributed by atoms with van der Waals surface area (Å²) in [5, 5.41) is 3.28. The number of sulfonamides is 1. The molecule has 3 heterocycles. The SMILES string of the molecule is COc1ccc2c(c1)NC(C1CCN(C(=O)c3ccco3)CC1)NS2(=O)=O. The molecule has 4 rings (SSSR count). The highest BCUT2D eigenvalue weighted by Gasteiger charge is 2.36. The molecule has 0 bridgehead atoms. The Balaban J connectivity index is 1.46. The van der Waals surface area contributed by atoms with Gasteiger partial charge in [0, 0.05) is 19.2 Å². The number of nitrogens with one attached hydrogen (secondary N) is 2. The van der Waals surface area contributed by atoms with Gasteiger partial charge in [-0.15, -0.1) is 0 Å². The maximum absolute atomic E-state index is 12.6. The number of rotatable bonds is 3. The van der Waals surface area contributed by atoms with Gasteiger partial charge in [0.2, 0.25) is 10.0 Å². The van der Waals surface area contributed by atoms with Crippen molar-refractivity contribution in [1.29, 1.82) is 0 Å². The molecule has 0 saturated carbocycles. The normalized spacial score (nSPS) is 22.0. The first kappa shape index (κ1) is 17.9. The Hall–Kier alpha value is -2.52. The van der Waals surface area contributed by atoms with Crippen LogP contribution in [-0.4, -0.2) is 45.6 Å². The van der Waals surface area contributed by atoms with Crippen LogP contribution in [0.4, 0.5) is 5.69 Å². The monoisotopic (exact) mass is 391 g/mol. The number of carbonyl (C=O) groups excluding carboxylic acids is 1. The third-order valence-electron chi connectivity index (χ3n) is 5.10. The van der Waals surface area contributed by atoms with Gasteiger partial charge in [0.25, 0.3) is 5.91 Å². The fraction of sp³-hybridized carbons (Fsp3) is 0.389. The Morgan fingerprint density at radius 2 is 2.04 bits per heavy atom. The first-order valence-corrected chi connectivity index (χ1v) is 10.3. The van der Waals surface area contributed by atoms with Crippen molar-refractivity contribution in [2.24, 2.45) is 5.92 Å². The number of fused-ring (bicyclic) bond motifs is 1. The number of furan rings is 1. The molecule has 2 aliphatic rings. The van der Waals surface area contributed by atoms with Crippen molar-refractivity contribution in [2.75, 3.05) is 25.5 Å². The molecule has 1 aromatic carbocycles. The molecule has 1 fully saturated rings. The minimum atomic E-state index is -3.59. The molecule has 1 unspecified atom stereocenters. The van der Waals surface area contributed by atoms with Crippen LogP contribution in [0.3, 0.4) is 0 Å². The molecular weight excluding hydrogens is 370 g/mol. The molecule has 1 amide bonds. The fourth-order valence-electron chi connectivity index (χ4n) is 3.62. The average Bonchev–Trinajstić information content (AvgIpc) is 3.21. The number of amides is 1. The van der Waals surface area contributed by atoms with Gasteiger partial charge in [-0.05, 0) is 43.0 Å². The number of anilines is 1. The number of carbonyl (C=O) groups is 1. The second-order valence-electron chi connectivity index (χ2n) is 6.71. The number of piperidine rings is 1. The van der Waals surface area contributed by atoms with E-state index in [0.29, 0.717) is 43.1 Å². The number of hydrogen-bond acceptors (Lipinski definition) is 6. The number of ether oxygens (including phenoxy) is 1. The number of benzene rings is 1. The van der Waals surface area contributed by atoms with E-state index in [1.54, 1.807) is 36.3 Å². The summed E-state index contributed by atoms with van der Waals surface area (Å²) in [6, 6.07) is 8.18. The highest BCUT2D eigenvalue weighted by atomic mass is 32.2. The minimum absolute atomic E-state index is 0.0692. The molecule has 0 radical (unpaired) electrons. The molecule has 1 aromatic heterocycles. The topological polar surface area (TPSA) is 101 Å². The highest BCUT2D eigenvalue weighted by Crippen LogP contribution is 2.33. The molecule has 0 aliphatic carbocycles. The molecule has 2 aliphatic heterocycles. The maximum atomic E-state index is 12.6. The Morgan fingerprint density at radius 1 is 1.26 bits per heavy atom. The third-order valence-corrected chi connectivity index (χ3v) is 6.60. The smallest absolute Gasteiger partial charge is 0.289 e. The van der Waals surface area contributed by atoms with E-state index in [1.165, 1.54) is 12.3 Å². The molecule has 8 nitrogen and oxygen atoms in total. The second-order valence-corrected chi connectivity index (χ2v) is 8.39. The molecule has 9 heteroatoms. The summed E-state index contributed by atoms with van der Waals surface area (Å²) in [4.78, 5) is 14.3. The van der Waals surface area contributed by atoms with Gasteiger partial charge < -0.3 is 19.4 Å². The van der Waals surface area contributed by atoms with Crippen LogP contribution in [0.15, 0.2) is 45.9 Å². The standard InChI is InChI=1S/C18H21N3O5S/c1-25-13-4-5-16-14(11-13)19-17(20-27(16,23)24)12-6-8-21(9-7-12)18(22)15-3-2-10-26-15/h2-5,10-12,17,19-20H,6-9H2,1H3. The van der Waals surface area contributed by atoms with Crippen molar-refractivity contribution in [3.8, 4) is 5.75 Å². The summed E-state index contributed by atoms with van der Waals surface area (Å²) in [6.45, 7) is 1.10. The van der Waals surface area contributed by atoms with Gasteiger partial charge in [-0.2, -0.15) is 4.72 Å². The van der Waals surface area contributed by atoms with Crippen LogP contribution >= 0.6 is 0 Å². The Bertz CT molecular complexity index is 934. The summed E-state index contributed by atoms with van der Waals surface area (Å²) in [7, 11) is -2.05. The van der Waals surface area contributed by atoms with Crippen molar-refractivity contribution >= 4 is 21.6 Å². The first-order valence-electron chi connectivity index (χ1n) is 8.77. The molecule has 1 atom stereocenters. The third kappa shape index (κ3) is 3.40. The van der Waals surface area contributed by atoms with Gasteiger partial charge in [-0.3, -0.25) is 4.79 Å². The van der Waals surface area contributed by atoms with Crippen LogP contribution in [0, 0.1) is 5.92 Å². The van der Waals surface area contributed by atoms with Crippen molar-refractivity contribution in [3.63, 3.8) is 0 Å². The van der Waals surface area contributed by atoms with E-state index in [-0.39, 0.29) is 16.7 Å². The van der Waals surface area contributed by atoms with Crippen LogP contribution in [0.1, 0.15) is 23.4 Å². The maximum Gasteiger partial charge on any atom is 0.289 e. The van der Waals surface area contributed by atoms with Crippen molar-refractivity contribution in [2.45, 2.75) is 23.9 Å². The predicted octanol–water partition coefficient (Wildman–Crippen LogP) is 1.87. The number of methoxy groups -OCH3 is 1. The zero-order valence-electron chi connectivity index (χ0n) is 14.8. The summed E-state index contributed by atoms with van der Waals surface area (Å²) < 4.78 is 38.3. The van der Waals surface area contributed by atoms with E-state index >= 15 is 0 Å². The lowest BCUT2D eigenvalue weighted by molar-refractivity contribution is 0.0647. The minimum Gasteiger partial charge on any atom is -0.497 e. The second kappa shape index (κ2) is 6.90. The van der Waals surface area contributed by atoms with Gasteiger partial charge in [0.1, 0.15) is 10.6 Å². The summed E-state index contributed by atoms with van der Waals surface area (Å²) >= 11 is 0. The number of likely N-dealkylation sites (tertiary alicyclic amines) is 1. The molecule has 1 saturated heterocycles. The number of hydrogen-bond donors (Lipinski definition) is 2. The first-order chi connectivity index (χ1) is 13.0. The largest absolute Gasteiger partial charge is 0.497 e. The van der Waals surface area contributed by atoms with Gasteiger partial charge in [0.05, 0.1) is 25.2 Å². The van der Waals surface area contributed by atoms with Gasteiger partial charge in [0.15, 0.2) is 5.76 Å². The van der Waals surface area contributed by atoms with E-state index < -0.39 is 16.2 Å². The van der Waals surface area contributed by atoms with Crippen molar-refractivity contribution < 1.29 is 22.4 Å². The van der Waals surface area contributed by atoms with Crippen LogP contribution in [0.5, 0.6) is 5.75 Å². The predicted molar refractivity (Wildman–Crippen MR) is 98.1 cm³/mol. The van der Waals surface area contributed by atoms with Crippen molar-refractivity contribution in [3.05, 3.63) is 42.4 Å². The molecule has 2 N–H and O–H groups in total. The van der Waals surface area contributed by atoms with Gasteiger partial charge in [-0.25, -0.2) is 8.42 Å². The molecule has 2 aromatic rings. The van der Waals surface area contributed by atoms with E-state index in [2.05, 4.69) is 10.0 Å². The van der Waals surface area contributed by atoms with Crippen LogP contribution in [0.2, 0.25) is 0 Å². The van der Waals surface area contributed by atoms with Crippen LogP contribution < -0.4 is 14.8 Å². The lowest BCUT2D eigenvalue weighted by atomic mass is 9.93. The fourth-order valence-corrected chi connectivity index (χ4v) is 4.98. The summed E-state index contributed by atoms with van der Waals surface area (Å²) in [5.74, 6) is 0.854. The molecule has 0 spiro atoms. The quantitative estimate of drug-likeness (QED) is 0.828. The zero-order chi connectivity index (χ0) is 19.0. The average molecular weight is 391 g/mol. The van der Waals surface area contributed by atoms with Gasteiger partial charge in [-0.1, -0.05) is 0 Å². The zero-order valence-corrected chi connectivity index (χ0v) is 15.7. The lowest BCUT2D eigenvalue weighted by Crippen LogP contribution is -2.52. The van der Waals surface area contributed by atoms with E-state index in [4.69, 9.17) is 9.15 Å². The van der Waals surface area contributed by atoms with E-state index in [9.17, 15) is 13.2 Å². The molecule has 27 heavy (non-hydrogen) atoms. The number of nitrogens with zero attached hydrogens (tertiary/aromatic N) is 1. The highest BCUT2D eigenvalue weighted by molar-refractivity contribution is 7.89. The Kier molecular flexibility index (Phi) is 4.56. The molecule has 144 valence electrons. The molecular formula is C18H21N3O5S. The summed E-state index contributed by atoms with van der Waals surface area (Å²) in [6.07, 6.45) is 2.43. The Labute approximate surface area is 157 Å². The van der Waals surface area contributed by atoms with E-state index in [1.807, 2.05) is 0 Å². The lowest BCUT2D eigenvalue weighted by Gasteiger charge is -2.38. The van der Waals surface area contributed by atoms with E-state index in [0.717, 1.165) is 0 Å². The van der Waals surface area contributed by atoms with Crippen LogP contribution in [-0.2, 0) is 10.0 Å².